The number of thioether (sulfide) groups is 1. The summed E-state index contributed by atoms with van der Waals surface area (Å²) in [5.41, 5.74) is 1.05. The van der Waals surface area contributed by atoms with Gasteiger partial charge in [0.1, 0.15) is 0 Å². The molecule has 0 bridgehead atoms. The number of hydrogen-bond acceptors (Lipinski definition) is 3. The van der Waals surface area contributed by atoms with Gasteiger partial charge in [-0.05, 0) is 56.2 Å². The Morgan fingerprint density at radius 2 is 1.71 bits per heavy atom. The number of nitrogens with one attached hydrogen (secondary N) is 1. The second-order valence-corrected chi connectivity index (χ2v) is 9.54. The number of rotatable bonds is 5. The van der Waals surface area contributed by atoms with Crippen LogP contribution in [0.4, 0.5) is 0 Å². The van der Waals surface area contributed by atoms with Gasteiger partial charge in [-0.2, -0.15) is 0 Å². The molecule has 1 saturated carbocycles. The van der Waals surface area contributed by atoms with Gasteiger partial charge in [-0.15, -0.1) is 11.8 Å². The second-order valence-electron chi connectivity index (χ2n) is 6.08. The molecule has 3 rings (SSSR count). The van der Waals surface area contributed by atoms with E-state index in [0.29, 0.717) is 9.92 Å². The first-order valence-corrected chi connectivity index (χ1v) is 10.7. The largest absolute Gasteiger partial charge is 0.240 e. The van der Waals surface area contributed by atoms with Gasteiger partial charge < -0.3 is 0 Å². The Morgan fingerprint density at radius 3 is 2.38 bits per heavy atom. The standard InChI is InChI=1S/C18H20ClNO2S2/c1-13-5-11-16(12-6-13)24(21,22)20-17-3-2-4-18(17)23-15-9-7-14(19)8-10-15/h5-12,17-18,20H,2-4H2,1H3/t17-,18-/m0/s1. The van der Waals surface area contributed by atoms with Crippen molar-refractivity contribution in [2.75, 3.05) is 0 Å². The van der Waals surface area contributed by atoms with Crippen LogP contribution < -0.4 is 4.72 Å². The average molecular weight is 382 g/mol. The van der Waals surface area contributed by atoms with Gasteiger partial charge in [0.15, 0.2) is 0 Å². The van der Waals surface area contributed by atoms with E-state index < -0.39 is 10.0 Å². The van der Waals surface area contributed by atoms with Crippen molar-refractivity contribution in [3.8, 4) is 0 Å². The van der Waals surface area contributed by atoms with Crippen molar-refractivity contribution in [1.29, 1.82) is 0 Å². The fourth-order valence-electron chi connectivity index (χ4n) is 2.87. The third kappa shape index (κ3) is 4.33. The molecule has 1 fully saturated rings. The average Bonchev–Trinajstić information content (AvgIpc) is 2.96. The van der Waals surface area contributed by atoms with Crippen LogP contribution in [0.2, 0.25) is 5.02 Å². The second kappa shape index (κ2) is 7.48. The Kier molecular flexibility index (Phi) is 5.55. The molecule has 2 aromatic carbocycles. The van der Waals surface area contributed by atoms with E-state index in [-0.39, 0.29) is 11.3 Å². The number of hydrogen-bond donors (Lipinski definition) is 1. The van der Waals surface area contributed by atoms with Crippen LogP contribution in [0.3, 0.4) is 0 Å². The fourth-order valence-corrected chi connectivity index (χ4v) is 5.69. The van der Waals surface area contributed by atoms with Crippen molar-refractivity contribution >= 4 is 33.4 Å². The monoisotopic (exact) mass is 381 g/mol. The van der Waals surface area contributed by atoms with Gasteiger partial charge in [0.05, 0.1) is 4.90 Å². The van der Waals surface area contributed by atoms with Crippen molar-refractivity contribution in [2.45, 2.75) is 47.3 Å². The van der Waals surface area contributed by atoms with E-state index in [2.05, 4.69) is 4.72 Å². The Labute approximate surface area is 152 Å². The van der Waals surface area contributed by atoms with Crippen LogP contribution in [-0.2, 0) is 10.0 Å². The molecule has 2 aromatic rings. The van der Waals surface area contributed by atoms with E-state index in [0.717, 1.165) is 29.7 Å². The maximum atomic E-state index is 12.6. The predicted molar refractivity (Wildman–Crippen MR) is 100 cm³/mol. The highest BCUT2D eigenvalue weighted by atomic mass is 35.5. The molecule has 0 amide bonds. The first-order chi connectivity index (χ1) is 11.4. The Bertz CT molecular complexity index is 789. The fraction of sp³-hybridized carbons (Fsp3) is 0.333. The smallest absolute Gasteiger partial charge is 0.207 e. The van der Waals surface area contributed by atoms with Crippen LogP contribution in [0.15, 0.2) is 58.3 Å². The number of benzene rings is 2. The van der Waals surface area contributed by atoms with E-state index >= 15 is 0 Å². The molecule has 24 heavy (non-hydrogen) atoms. The van der Waals surface area contributed by atoms with Gasteiger partial charge in [0.2, 0.25) is 10.0 Å². The van der Waals surface area contributed by atoms with Gasteiger partial charge in [0.25, 0.3) is 0 Å². The lowest BCUT2D eigenvalue weighted by Crippen LogP contribution is -2.38. The summed E-state index contributed by atoms with van der Waals surface area (Å²) in [6, 6.07) is 14.6. The molecule has 0 radical (unpaired) electrons. The minimum absolute atomic E-state index is 0.0445. The van der Waals surface area contributed by atoms with Crippen molar-refractivity contribution in [2.24, 2.45) is 0 Å². The minimum atomic E-state index is -3.48. The Hall–Kier alpha value is -1.01. The molecular weight excluding hydrogens is 362 g/mol. The van der Waals surface area contributed by atoms with Gasteiger partial charge in [-0.25, -0.2) is 13.1 Å². The lowest BCUT2D eigenvalue weighted by Gasteiger charge is -2.20. The Balaban J connectivity index is 1.71. The molecule has 0 spiro atoms. The lowest BCUT2D eigenvalue weighted by atomic mass is 10.2. The highest BCUT2D eigenvalue weighted by Crippen LogP contribution is 2.36. The number of sulfonamides is 1. The quantitative estimate of drug-likeness (QED) is 0.820. The summed E-state index contributed by atoms with van der Waals surface area (Å²) in [5, 5.41) is 0.953. The summed E-state index contributed by atoms with van der Waals surface area (Å²) in [7, 11) is -3.48. The van der Waals surface area contributed by atoms with Crippen LogP contribution in [0, 0.1) is 6.92 Å². The molecule has 0 aliphatic heterocycles. The van der Waals surface area contributed by atoms with Crippen LogP contribution in [0.5, 0.6) is 0 Å². The summed E-state index contributed by atoms with van der Waals surface area (Å²) in [6.07, 6.45) is 2.91. The van der Waals surface area contributed by atoms with E-state index in [1.54, 1.807) is 23.9 Å². The van der Waals surface area contributed by atoms with Crippen molar-refractivity contribution < 1.29 is 8.42 Å². The zero-order chi connectivity index (χ0) is 17.2. The van der Waals surface area contributed by atoms with Crippen molar-refractivity contribution in [1.82, 2.24) is 4.72 Å². The lowest BCUT2D eigenvalue weighted by molar-refractivity contribution is 0.555. The first-order valence-electron chi connectivity index (χ1n) is 7.95. The maximum absolute atomic E-state index is 12.6. The van der Waals surface area contributed by atoms with Crippen LogP contribution >= 0.6 is 23.4 Å². The van der Waals surface area contributed by atoms with E-state index in [4.69, 9.17) is 11.6 Å². The third-order valence-electron chi connectivity index (χ3n) is 4.19. The molecule has 1 N–H and O–H groups in total. The summed E-state index contributed by atoms with van der Waals surface area (Å²) in [4.78, 5) is 1.45. The van der Waals surface area contributed by atoms with E-state index in [9.17, 15) is 8.42 Å². The van der Waals surface area contributed by atoms with Crippen LogP contribution in [0.1, 0.15) is 24.8 Å². The summed E-state index contributed by atoms with van der Waals surface area (Å²) < 4.78 is 28.1. The zero-order valence-electron chi connectivity index (χ0n) is 13.4. The van der Waals surface area contributed by atoms with Gasteiger partial charge in [0, 0.05) is 21.2 Å². The highest BCUT2D eigenvalue weighted by Gasteiger charge is 2.32. The third-order valence-corrected chi connectivity index (χ3v) is 7.36. The number of aryl methyl sites for hydroxylation is 1. The van der Waals surface area contributed by atoms with E-state index in [1.165, 1.54) is 0 Å². The van der Waals surface area contributed by atoms with Crippen molar-refractivity contribution in [3.63, 3.8) is 0 Å². The Morgan fingerprint density at radius 1 is 1.04 bits per heavy atom. The summed E-state index contributed by atoms with van der Waals surface area (Å²) in [6.45, 7) is 1.94. The van der Waals surface area contributed by atoms with E-state index in [1.807, 2.05) is 43.3 Å². The first kappa shape index (κ1) is 17.8. The SMILES string of the molecule is Cc1ccc(S(=O)(=O)N[C@H]2CCC[C@@H]2Sc2ccc(Cl)cc2)cc1. The molecule has 0 unspecified atom stereocenters. The van der Waals surface area contributed by atoms with Crippen molar-refractivity contribution in [3.05, 3.63) is 59.1 Å². The predicted octanol–water partition coefficient (Wildman–Crippen LogP) is 4.64. The topological polar surface area (TPSA) is 46.2 Å². The summed E-state index contributed by atoms with van der Waals surface area (Å²) in [5.74, 6) is 0. The van der Waals surface area contributed by atoms with Gasteiger partial charge in [-0.3, -0.25) is 0 Å². The normalized spacial score (nSPS) is 21.1. The molecule has 2 atom stereocenters. The molecule has 0 aromatic heterocycles. The molecule has 1 aliphatic carbocycles. The van der Waals surface area contributed by atoms with Crippen LogP contribution in [-0.4, -0.2) is 19.7 Å². The molecular formula is C18H20ClNO2S2. The van der Waals surface area contributed by atoms with Gasteiger partial charge in [-0.1, -0.05) is 35.7 Å². The molecule has 6 heteroatoms. The highest BCUT2D eigenvalue weighted by molar-refractivity contribution is 8.00. The molecule has 3 nitrogen and oxygen atoms in total. The molecule has 0 saturated heterocycles. The minimum Gasteiger partial charge on any atom is -0.207 e. The van der Waals surface area contributed by atoms with Crippen LogP contribution in [0.25, 0.3) is 0 Å². The maximum Gasteiger partial charge on any atom is 0.240 e. The summed E-state index contributed by atoms with van der Waals surface area (Å²) >= 11 is 7.64. The molecule has 128 valence electrons. The number of halogens is 1. The molecule has 1 aliphatic rings. The molecule has 0 heterocycles. The van der Waals surface area contributed by atoms with Gasteiger partial charge >= 0.3 is 0 Å². The zero-order valence-corrected chi connectivity index (χ0v) is 15.8.